The lowest BCUT2D eigenvalue weighted by Crippen LogP contribution is -2.64. The third-order valence-corrected chi connectivity index (χ3v) is 5.78. The van der Waals surface area contributed by atoms with Crippen LogP contribution in [-0.2, 0) is 23.8 Å². The second-order valence-corrected chi connectivity index (χ2v) is 7.05. The molecule has 3 atom stereocenters. The van der Waals surface area contributed by atoms with Crippen molar-refractivity contribution in [1.82, 2.24) is 0 Å². The highest BCUT2D eigenvalue weighted by atomic mass is 16.6. The lowest BCUT2D eigenvalue weighted by Gasteiger charge is -2.40. The second kappa shape index (κ2) is 7.28. The highest BCUT2D eigenvalue weighted by molar-refractivity contribution is 6.10. The van der Waals surface area contributed by atoms with Gasteiger partial charge in [0.05, 0.1) is 20.3 Å². The average molecular weight is 381 g/mol. The molecule has 146 valence electrons. The Kier molecular flexibility index (Phi) is 4.81. The van der Waals surface area contributed by atoms with E-state index in [1.165, 1.54) is 14.2 Å². The summed E-state index contributed by atoms with van der Waals surface area (Å²) < 4.78 is 16.3. The van der Waals surface area contributed by atoms with Crippen molar-refractivity contribution in [3.8, 4) is 0 Å². The minimum atomic E-state index is -1.70. The van der Waals surface area contributed by atoms with Gasteiger partial charge in [-0.15, -0.1) is 0 Å². The number of para-hydroxylation sites is 1. The van der Waals surface area contributed by atoms with Crippen molar-refractivity contribution < 1.29 is 23.8 Å². The third kappa shape index (κ3) is 2.52. The normalized spacial score (nSPS) is 25.2. The van der Waals surface area contributed by atoms with Gasteiger partial charge in [-0.3, -0.25) is 0 Å². The van der Waals surface area contributed by atoms with Crippen LogP contribution in [0.15, 0.2) is 60.7 Å². The van der Waals surface area contributed by atoms with Gasteiger partial charge in [0.25, 0.3) is 5.54 Å². The lowest BCUT2D eigenvalue weighted by atomic mass is 9.86. The Balaban J connectivity index is 1.99. The van der Waals surface area contributed by atoms with E-state index in [0.717, 1.165) is 17.7 Å². The summed E-state index contributed by atoms with van der Waals surface area (Å²) in [5.74, 6) is -1.39. The number of fused-ring (bicyclic) bond motifs is 1. The average Bonchev–Trinajstić information content (AvgIpc) is 3.33. The van der Waals surface area contributed by atoms with Crippen LogP contribution in [0.5, 0.6) is 0 Å². The Hall–Kier alpha value is -2.86. The van der Waals surface area contributed by atoms with Crippen LogP contribution < -0.4 is 4.90 Å². The molecule has 2 saturated heterocycles. The number of hydrogen-bond donors (Lipinski definition) is 0. The number of hydrogen-bond acceptors (Lipinski definition) is 6. The van der Waals surface area contributed by atoms with Crippen molar-refractivity contribution >= 4 is 17.6 Å². The smallest absolute Gasteiger partial charge is 0.346 e. The molecule has 6 heteroatoms. The molecule has 2 aromatic rings. The maximum atomic E-state index is 13.2. The van der Waals surface area contributed by atoms with E-state index in [2.05, 4.69) is 0 Å². The Morgan fingerprint density at radius 2 is 1.54 bits per heavy atom. The Morgan fingerprint density at radius 1 is 0.964 bits per heavy atom. The van der Waals surface area contributed by atoms with Crippen molar-refractivity contribution in [3.05, 3.63) is 66.2 Å². The molecule has 2 fully saturated rings. The summed E-state index contributed by atoms with van der Waals surface area (Å²) in [6.07, 6.45) is 0.0846. The SMILES string of the molecule is COC(=O)C1(C(=O)OC)C2OCCC2C(c2ccccc2)N1c1ccccc1. The molecule has 4 rings (SSSR count). The lowest BCUT2D eigenvalue weighted by molar-refractivity contribution is -0.166. The molecule has 28 heavy (non-hydrogen) atoms. The molecule has 0 spiro atoms. The molecule has 2 aliphatic heterocycles. The number of carbonyl (C=O) groups is 2. The zero-order valence-electron chi connectivity index (χ0n) is 15.9. The second-order valence-electron chi connectivity index (χ2n) is 7.05. The van der Waals surface area contributed by atoms with Gasteiger partial charge in [0.2, 0.25) is 0 Å². The van der Waals surface area contributed by atoms with E-state index in [4.69, 9.17) is 14.2 Å². The van der Waals surface area contributed by atoms with Crippen molar-refractivity contribution in [2.24, 2.45) is 5.92 Å². The highest BCUT2D eigenvalue weighted by Crippen LogP contribution is 2.54. The van der Waals surface area contributed by atoms with Crippen LogP contribution in [0.4, 0.5) is 5.69 Å². The molecular formula is C22H23NO5. The van der Waals surface area contributed by atoms with E-state index in [-0.39, 0.29) is 12.0 Å². The topological polar surface area (TPSA) is 65.1 Å². The number of methoxy groups -OCH3 is 2. The maximum Gasteiger partial charge on any atom is 0.346 e. The number of rotatable bonds is 4. The van der Waals surface area contributed by atoms with Crippen molar-refractivity contribution in [2.75, 3.05) is 25.7 Å². The van der Waals surface area contributed by atoms with E-state index in [1.807, 2.05) is 65.6 Å². The molecular weight excluding hydrogens is 358 g/mol. The quantitative estimate of drug-likeness (QED) is 0.599. The largest absolute Gasteiger partial charge is 0.467 e. The summed E-state index contributed by atoms with van der Waals surface area (Å²) >= 11 is 0. The van der Waals surface area contributed by atoms with Crippen molar-refractivity contribution in [2.45, 2.75) is 24.1 Å². The van der Waals surface area contributed by atoms with Crippen LogP contribution in [-0.4, -0.2) is 44.4 Å². The molecule has 0 aliphatic carbocycles. The van der Waals surface area contributed by atoms with Gasteiger partial charge in [0, 0.05) is 18.2 Å². The van der Waals surface area contributed by atoms with Gasteiger partial charge in [-0.2, -0.15) is 0 Å². The van der Waals surface area contributed by atoms with Gasteiger partial charge < -0.3 is 19.1 Å². The molecule has 0 radical (unpaired) electrons. The summed E-state index contributed by atoms with van der Waals surface area (Å²) in [5, 5.41) is 0. The van der Waals surface area contributed by atoms with Crippen molar-refractivity contribution in [1.29, 1.82) is 0 Å². The number of carbonyl (C=O) groups excluding carboxylic acids is 2. The fourth-order valence-electron chi connectivity index (χ4n) is 4.73. The van der Waals surface area contributed by atoms with E-state index < -0.39 is 23.6 Å². The van der Waals surface area contributed by atoms with Gasteiger partial charge >= 0.3 is 11.9 Å². The molecule has 0 bridgehead atoms. The summed E-state index contributed by atoms with van der Waals surface area (Å²) in [4.78, 5) is 28.2. The fourth-order valence-corrected chi connectivity index (χ4v) is 4.73. The number of esters is 2. The predicted molar refractivity (Wildman–Crippen MR) is 103 cm³/mol. The van der Waals surface area contributed by atoms with Crippen LogP contribution in [0.3, 0.4) is 0 Å². The van der Waals surface area contributed by atoms with Gasteiger partial charge in [-0.05, 0) is 24.1 Å². The highest BCUT2D eigenvalue weighted by Gasteiger charge is 2.71. The first-order valence-corrected chi connectivity index (χ1v) is 9.34. The molecule has 2 aromatic carbocycles. The van der Waals surface area contributed by atoms with Crippen LogP contribution >= 0.6 is 0 Å². The number of benzene rings is 2. The van der Waals surface area contributed by atoms with E-state index >= 15 is 0 Å². The minimum Gasteiger partial charge on any atom is -0.467 e. The molecule has 2 aliphatic rings. The first-order chi connectivity index (χ1) is 13.7. The molecule has 0 aromatic heterocycles. The monoisotopic (exact) mass is 381 g/mol. The Bertz CT molecular complexity index is 838. The number of nitrogens with zero attached hydrogens (tertiary/aromatic N) is 1. The van der Waals surface area contributed by atoms with E-state index in [9.17, 15) is 9.59 Å². The Labute approximate surface area is 164 Å². The predicted octanol–water partition coefficient (Wildman–Crippen LogP) is 2.74. The zero-order chi connectivity index (χ0) is 19.7. The summed E-state index contributed by atoms with van der Waals surface area (Å²) in [5.41, 5.74) is 0.0543. The molecule has 3 unspecified atom stereocenters. The minimum absolute atomic E-state index is 0.0548. The third-order valence-electron chi connectivity index (χ3n) is 5.78. The van der Waals surface area contributed by atoms with Gasteiger partial charge in [0.15, 0.2) is 0 Å². The van der Waals surface area contributed by atoms with Crippen LogP contribution in [0.2, 0.25) is 0 Å². The molecule has 0 N–H and O–H groups in total. The van der Waals surface area contributed by atoms with Gasteiger partial charge in [-0.1, -0.05) is 48.5 Å². The Morgan fingerprint density at radius 3 is 2.11 bits per heavy atom. The van der Waals surface area contributed by atoms with Gasteiger partial charge in [0.1, 0.15) is 6.10 Å². The molecule has 0 amide bonds. The van der Waals surface area contributed by atoms with Crippen LogP contribution in [0.25, 0.3) is 0 Å². The van der Waals surface area contributed by atoms with Crippen LogP contribution in [0, 0.1) is 5.92 Å². The summed E-state index contributed by atoms with van der Waals surface area (Å²) in [6, 6.07) is 19.1. The molecule has 2 heterocycles. The summed E-state index contributed by atoms with van der Waals surface area (Å²) in [7, 11) is 2.58. The number of ether oxygens (including phenoxy) is 3. The first-order valence-electron chi connectivity index (χ1n) is 9.34. The van der Waals surface area contributed by atoms with Gasteiger partial charge in [-0.25, -0.2) is 9.59 Å². The first kappa shape index (κ1) is 18.5. The zero-order valence-corrected chi connectivity index (χ0v) is 15.9. The standard InChI is InChI=1S/C22H23NO5/c1-26-20(24)22(21(25)27-2)19-17(13-14-28-19)18(15-9-5-3-6-10-15)23(22)16-11-7-4-8-12-16/h3-12,17-19H,13-14H2,1-2H3. The van der Waals surface area contributed by atoms with E-state index in [0.29, 0.717) is 6.61 Å². The molecule has 6 nitrogen and oxygen atoms in total. The summed E-state index contributed by atoms with van der Waals surface area (Å²) in [6.45, 7) is 0.483. The number of anilines is 1. The van der Waals surface area contributed by atoms with Crippen LogP contribution in [0.1, 0.15) is 18.0 Å². The maximum absolute atomic E-state index is 13.2. The van der Waals surface area contributed by atoms with Crippen molar-refractivity contribution in [3.63, 3.8) is 0 Å². The fraction of sp³-hybridized carbons (Fsp3) is 0.364. The molecule has 0 saturated carbocycles. The van der Waals surface area contributed by atoms with E-state index in [1.54, 1.807) is 0 Å².